The van der Waals surface area contributed by atoms with Gasteiger partial charge in [-0.2, -0.15) is 0 Å². The molecule has 0 aliphatic carbocycles. The minimum absolute atomic E-state index is 0.0412. The van der Waals surface area contributed by atoms with Crippen LogP contribution in [-0.4, -0.2) is 11.3 Å². The smallest absolute Gasteiger partial charge is 0.252 e. The topological polar surface area (TPSA) is 11.4 Å². The summed E-state index contributed by atoms with van der Waals surface area (Å²) in [7, 11) is 0. The first-order valence-corrected chi connectivity index (χ1v) is 36.5. The molecular formula is C99H72BN3. The van der Waals surface area contributed by atoms with Crippen LogP contribution in [-0.2, 0) is 17.3 Å². The zero-order valence-corrected chi connectivity index (χ0v) is 58.6. The molecule has 0 bridgehead atoms. The molecule has 2 aliphatic rings. The molecule has 21 rings (SSSR count). The molecule has 0 amide bonds. The minimum Gasteiger partial charge on any atom is -0.311 e. The highest BCUT2D eigenvalue weighted by atomic mass is 15.2. The molecule has 0 saturated carbocycles. The summed E-state index contributed by atoms with van der Waals surface area (Å²) in [6.45, 7) is 13.8. The summed E-state index contributed by atoms with van der Waals surface area (Å²) in [5, 5.41) is 25.3. The third-order valence-corrected chi connectivity index (χ3v) is 23.2. The van der Waals surface area contributed by atoms with Gasteiger partial charge in [0.05, 0.1) is 11.0 Å². The van der Waals surface area contributed by atoms with Gasteiger partial charge in [-0.3, -0.25) is 0 Å². The number of nitrogens with zero attached hydrogens (tertiary/aromatic N) is 3. The van der Waals surface area contributed by atoms with E-state index in [-0.39, 0.29) is 17.5 Å². The number of benzene rings is 18. The SMILES string of the molecule is CC(C)(C)c1ccc2c(c1)c1cc(C(C)(C)C)ccc1n2-c1ccc2c(c1)N(c1ccc3c4ccccc4c4ccccc4c3c1)c1cc(Cc3ccc4c5ccccc5c5ccccc5c4c3)cc3c1B2c1cc(-c2ccccc2)ccc1N3c1ccc2c3ccccc3c3ccccc3c2c1. The maximum absolute atomic E-state index is 2.68. The lowest BCUT2D eigenvalue weighted by molar-refractivity contribution is 0.590. The summed E-state index contributed by atoms with van der Waals surface area (Å²) in [4.78, 5) is 5.31. The number of hydrogen-bond donors (Lipinski definition) is 0. The molecule has 18 aromatic carbocycles. The molecule has 0 N–H and O–H groups in total. The number of fused-ring (bicyclic) bond motifs is 25. The Balaban J connectivity index is 0.882. The first-order valence-electron chi connectivity index (χ1n) is 36.5. The number of hydrogen-bond acceptors (Lipinski definition) is 2. The fourth-order valence-corrected chi connectivity index (χ4v) is 18.3. The predicted molar refractivity (Wildman–Crippen MR) is 444 cm³/mol. The maximum Gasteiger partial charge on any atom is 0.252 e. The lowest BCUT2D eigenvalue weighted by Gasteiger charge is -2.45. The highest BCUT2D eigenvalue weighted by Gasteiger charge is 2.44. The van der Waals surface area contributed by atoms with E-state index >= 15 is 0 Å². The van der Waals surface area contributed by atoms with E-state index in [2.05, 4.69) is 371 Å². The van der Waals surface area contributed by atoms with Crippen LogP contribution in [0.25, 0.3) is 136 Å². The van der Waals surface area contributed by atoms with Gasteiger partial charge in [-0.15, -0.1) is 0 Å². The lowest BCUT2D eigenvalue weighted by atomic mass is 9.33. The molecule has 2 aliphatic heterocycles. The summed E-state index contributed by atoms with van der Waals surface area (Å²) < 4.78 is 2.56. The van der Waals surface area contributed by atoms with Crippen LogP contribution in [0.5, 0.6) is 0 Å². The van der Waals surface area contributed by atoms with E-state index in [1.807, 2.05) is 0 Å². The van der Waals surface area contributed by atoms with Gasteiger partial charge in [0, 0.05) is 50.6 Å². The molecule has 0 atom stereocenters. The molecule has 0 fully saturated rings. The van der Waals surface area contributed by atoms with E-state index in [0.717, 1.165) is 22.7 Å². The molecule has 1 aromatic heterocycles. The molecular weight excluding hydrogens is 1240 g/mol. The normalized spacial score (nSPS) is 13.1. The summed E-state index contributed by atoms with van der Waals surface area (Å²) in [5.41, 5.74) is 21.7. The van der Waals surface area contributed by atoms with Gasteiger partial charge in [-0.1, -0.05) is 278 Å². The molecule has 103 heavy (non-hydrogen) atoms. The Morgan fingerprint density at radius 2 is 0.631 bits per heavy atom. The third kappa shape index (κ3) is 9.03. The van der Waals surface area contributed by atoms with Crippen LogP contribution >= 0.6 is 0 Å². The van der Waals surface area contributed by atoms with E-state index in [9.17, 15) is 0 Å². The predicted octanol–water partition coefficient (Wildman–Crippen LogP) is 25.1. The summed E-state index contributed by atoms with van der Waals surface area (Å²) >= 11 is 0. The van der Waals surface area contributed by atoms with E-state index in [4.69, 9.17) is 0 Å². The Kier molecular flexibility index (Phi) is 12.8. The van der Waals surface area contributed by atoms with Gasteiger partial charge in [0.2, 0.25) is 0 Å². The van der Waals surface area contributed by atoms with Crippen LogP contribution < -0.4 is 26.2 Å². The summed E-state index contributed by atoms with van der Waals surface area (Å²) in [6.07, 6.45) is 0.702. The third-order valence-electron chi connectivity index (χ3n) is 23.2. The van der Waals surface area contributed by atoms with E-state index < -0.39 is 0 Å². The second-order valence-corrected chi connectivity index (χ2v) is 31.1. The number of anilines is 6. The molecule has 4 heteroatoms. The first-order chi connectivity index (χ1) is 50.3. The van der Waals surface area contributed by atoms with E-state index in [1.54, 1.807) is 0 Å². The Morgan fingerprint density at radius 1 is 0.243 bits per heavy atom. The van der Waals surface area contributed by atoms with Gasteiger partial charge in [0.15, 0.2) is 0 Å². The van der Waals surface area contributed by atoms with E-state index in [1.165, 1.54) is 186 Å². The Morgan fingerprint density at radius 3 is 1.08 bits per heavy atom. The fraction of sp³-hybridized carbons (Fsp3) is 0.0909. The second-order valence-electron chi connectivity index (χ2n) is 31.1. The number of aromatic nitrogens is 1. The van der Waals surface area contributed by atoms with Crippen molar-refractivity contribution in [3.8, 4) is 16.8 Å². The van der Waals surface area contributed by atoms with Gasteiger partial charge < -0.3 is 14.4 Å². The van der Waals surface area contributed by atoms with Gasteiger partial charge in [-0.05, 0) is 243 Å². The van der Waals surface area contributed by atoms with Gasteiger partial charge in [0.1, 0.15) is 0 Å². The van der Waals surface area contributed by atoms with Crippen molar-refractivity contribution in [2.45, 2.75) is 58.8 Å². The van der Waals surface area contributed by atoms with Crippen molar-refractivity contribution < 1.29 is 0 Å². The van der Waals surface area contributed by atoms with Crippen molar-refractivity contribution >= 4 is 176 Å². The maximum atomic E-state index is 2.68. The van der Waals surface area contributed by atoms with Crippen LogP contribution in [0.4, 0.5) is 34.1 Å². The van der Waals surface area contributed by atoms with Crippen molar-refractivity contribution in [2.75, 3.05) is 9.80 Å². The molecule has 0 unspecified atom stereocenters. The Bertz CT molecular complexity index is 6700. The van der Waals surface area contributed by atoms with Crippen molar-refractivity contribution in [3.63, 3.8) is 0 Å². The molecule has 0 spiro atoms. The van der Waals surface area contributed by atoms with Crippen LogP contribution in [0.3, 0.4) is 0 Å². The number of rotatable bonds is 6. The average Bonchev–Trinajstić information content (AvgIpc) is 0.916. The van der Waals surface area contributed by atoms with Gasteiger partial charge >= 0.3 is 0 Å². The zero-order chi connectivity index (χ0) is 68.7. The first kappa shape index (κ1) is 59.6. The fourth-order valence-electron chi connectivity index (χ4n) is 18.3. The largest absolute Gasteiger partial charge is 0.311 e. The lowest BCUT2D eigenvalue weighted by Crippen LogP contribution is -2.61. The van der Waals surface area contributed by atoms with Crippen LogP contribution in [0.15, 0.2) is 315 Å². The summed E-state index contributed by atoms with van der Waals surface area (Å²) in [5.74, 6) is 0. The Hall–Kier alpha value is -12.2. The van der Waals surface area contributed by atoms with Gasteiger partial charge in [0.25, 0.3) is 6.71 Å². The van der Waals surface area contributed by atoms with Crippen molar-refractivity contribution in [2.24, 2.45) is 0 Å². The van der Waals surface area contributed by atoms with Crippen LogP contribution in [0.1, 0.15) is 63.8 Å². The van der Waals surface area contributed by atoms with Gasteiger partial charge in [-0.25, -0.2) is 0 Å². The van der Waals surface area contributed by atoms with Crippen molar-refractivity contribution in [3.05, 3.63) is 338 Å². The molecule has 19 aromatic rings. The van der Waals surface area contributed by atoms with Crippen molar-refractivity contribution in [1.29, 1.82) is 0 Å². The van der Waals surface area contributed by atoms with Crippen molar-refractivity contribution in [1.82, 2.24) is 4.57 Å². The van der Waals surface area contributed by atoms with E-state index in [0.29, 0.717) is 6.42 Å². The highest BCUT2D eigenvalue weighted by molar-refractivity contribution is 7.00. The quantitative estimate of drug-likeness (QED) is 0.121. The highest BCUT2D eigenvalue weighted by Crippen LogP contribution is 2.50. The standard InChI is InChI=1S/C99H72BN3/c1-98(2,3)64-38-48-91-87(55-64)88-56-65(99(4,5)6)39-49-92(88)101(91)68-42-46-89-94(59-68)103(67-41-45-83-77-32-15-12-26-71(77)74-29-18-21-35-80(74)86(83)58-67)96-53-61(50-60-36-43-81-75-30-13-10-24-69(75)72-27-16-19-33-78(72)84(81)51-60)52-95-97(96)100(89)90-54-63(62-22-8-7-9-23-62)37-47-93(90)102(95)66-40-44-82-76-31-14-11-25-70(76)73-28-17-20-34-79(73)85(82)57-66/h7-49,51-59H,50H2,1-6H3. The van der Waals surface area contributed by atoms with Crippen LogP contribution in [0.2, 0.25) is 0 Å². The minimum atomic E-state index is -0.174. The molecule has 0 saturated heterocycles. The summed E-state index contributed by atoms with van der Waals surface area (Å²) in [6, 6.07) is 121. The molecule has 0 radical (unpaired) electrons. The molecule has 486 valence electrons. The Labute approximate surface area is 599 Å². The molecule has 3 heterocycles. The average molecular weight is 1310 g/mol. The molecule has 3 nitrogen and oxygen atoms in total. The monoisotopic (exact) mass is 1310 g/mol. The zero-order valence-electron chi connectivity index (χ0n) is 58.6. The second kappa shape index (κ2) is 22.1. The van der Waals surface area contributed by atoms with Crippen LogP contribution in [0, 0.1) is 0 Å².